The molecule has 4 amide bonds. The first-order chi connectivity index (χ1) is 20.6. The Morgan fingerprint density at radius 1 is 0.750 bits per heavy atom. The molecule has 2 saturated heterocycles. The monoisotopic (exact) mass is 622 g/mol. The van der Waals surface area contributed by atoms with Crippen molar-refractivity contribution < 1.29 is 38.2 Å². The summed E-state index contributed by atoms with van der Waals surface area (Å²) in [6.07, 6.45) is 3.42. The molecule has 12 nitrogen and oxygen atoms in total. The van der Waals surface area contributed by atoms with Gasteiger partial charge in [0, 0.05) is 49.9 Å². The molecule has 2 atom stereocenters. The predicted octanol–water partition coefficient (Wildman–Crippen LogP) is 2.80. The summed E-state index contributed by atoms with van der Waals surface area (Å²) in [4.78, 5) is 81.6. The molecule has 0 aliphatic carbocycles. The minimum absolute atomic E-state index is 0.0288. The fourth-order valence-corrected chi connectivity index (χ4v) is 6.69. The SMILES string of the molecule is CC(C)N(C(=O)COC(=O)[C@H]1CCCN1C(=O)CCCCC(=O)N1CCC[C@@H]1C(=O)OC(C(N)=O)(C(C)C)C(C)C)C(C)C. The number of likely N-dealkylation sites (tertiary alicyclic amines) is 2. The average molecular weight is 623 g/mol. The topological polar surface area (TPSA) is 157 Å². The van der Waals surface area contributed by atoms with Crippen LogP contribution in [0.4, 0.5) is 0 Å². The maximum Gasteiger partial charge on any atom is 0.329 e. The fourth-order valence-electron chi connectivity index (χ4n) is 6.69. The first kappa shape index (κ1) is 37.0. The van der Waals surface area contributed by atoms with Gasteiger partial charge >= 0.3 is 11.9 Å². The average Bonchev–Trinajstić information content (AvgIpc) is 3.62. The number of hydrogen-bond acceptors (Lipinski definition) is 8. The molecule has 0 unspecified atom stereocenters. The molecule has 0 saturated carbocycles. The largest absolute Gasteiger partial charge is 0.454 e. The molecule has 0 bridgehead atoms. The molecular formula is C32H54N4O8. The Hall–Kier alpha value is -3.18. The van der Waals surface area contributed by atoms with Crippen LogP contribution in [-0.4, -0.2) is 99.7 Å². The van der Waals surface area contributed by atoms with E-state index in [1.807, 2.05) is 27.7 Å². The second kappa shape index (κ2) is 16.2. The number of carbonyl (C=O) groups excluding carboxylic acids is 6. The third-order valence-electron chi connectivity index (χ3n) is 8.83. The van der Waals surface area contributed by atoms with Gasteiger partial charge in [-0.05, 0) is 66.2 Å². The highest BCUT2D eigenvalue weighted by atomic mass is 16.6. The van der Waals surface area contributed by atoms with Crippen LogP contribution in [0.5, 0.6) is 0 Å². The number of nitrogens with zero attached hydrogens (tertiary/aromatic N) is 3. The molecule has 0 spiro atoms. The zero-order valence-corrected chi connectivity index (χ0v) is 27.9. The van der Waals surface area contributed by atoms with Crippen LogP contribution in [0.2, 0.25) is 0 Å². The lowest BCUT2D eigenvalue weighted by atomic mass is 9.79. The third kappa shape index (κ3) is 8.72. The molecule has 2 aliphatic rings. The number of nitrogens with two attached hydrogens (primary N) is 1. The highest BCUT2D eigenvalue weighted by Crippen LogP contribution is 2.33. The maximum atomic E-state index is 13.2. The van der Waals surface area contributed by atoms with Gasteiger partial charge in [-0.2, -0.15) is 0 Å². The molecule has 0 aromatic rings. The Kier molecular flexibility index (Phi) is 13.6. The standard InChI is InChI=1S/C32H54N4O8/c1-20(2)32(21(3)4,31(33)42)44-30(41)25-14-12-18-35(25)27(38)16-10-9-15-26(37)34-17-11-13-24(34)29(40)43-19-28(39)36(22(5)6)23(7)8/h20-25H,9-19H2,1-8H3,(H2,33,42)/t24-,25-/m1/s1. The van der Waals surface area contributed by atoms with E-state index in [0.29, 0.717) is 51.6 Å². The van der Waals surface area contributed by atoms with Gasteiger partial charge in [-0.1, -0.05) is 27.7 Å². The van der Waals surface area contributed by atoms with E-state index in [9.17, 15) is 28.8 Å². The Morgan fingerprint density at radius 3 is 1.57 bits per heavy atom. The van der Waals surface area contributed by atoms with E-state index in [-0.39, 0.29) is 61.1 Å². The van der Waals surface area contributed by atoms with Crippen molar-refractivity contribution in [1.29, 1.82) is 0 Å². The highest BCUT2D eigenvalue weighted by Gasteiger charge is 2.49. The Labute approximate surface area is 262 Å². The van der Waals surface area contributed by atoms with Crippen molar-refractivity contribution in [3.63, 3.8) is 0 Å². The second-order valence-corrected chi connectivity index (χ2v) is 13.2. The van der Waals surface area contributed by atoms with Crippen LogP contribution in [0.3, 0.4) is 0 Å². The highest BCUT2D eigenvalue weighted by molar-refractivity contribution is 5.90. The lowest BCUT2D eigenvalue weighted by molar-refractivity contribution is -0.183. The van der Waals surface area contributed by atoms with Crippen LogP contribution in [0.25, 0.3) is 0 Å². The van der Waals surface area contributed by atoms with E-state index in [4.69, 9.17) is 15.2 Å². The molecule has 0 aromatic carbocycles. The summed E-state index contributed by atoms with van der Waals surface area (Å²) in [5.41, 5.74) is 4.21. The summed E-state index contributed by atoms with van der Waals surface area (Å²) in [5.74, 6) is -3.26. The van der Waals surface area contributed by atoms with Crippen molar-refractivity contribution in [2.45, 2.75) is 137 Å². The summed E-state index contributed by atoms with van der Waals surface area (Å²) in [6.45, 7) is 15.2. The summed E-state index contributed by atoms with van der Waals surface area (Å²) in [7, 11) is 0. The van der Waals surface area contributed by atoms with Gasteiger partial charge in [-0.3, -0.25) is 19.2 Å². The molecular weight excluding hydrogens is 568 g/mol. The van der Waals surface area contributed by atoms with Crippen LogP contribution < -0.4 is 5.73 Å². The zero-order valence-electron chi connectivity index (χ0n) is 27.9. The first-order valence-electron chi connectivity index (χ1n) is 16.2. The van der Waals surface area contributed by atoms with Gasteiger partial charge in [0.15, 0.2) is 12.2 Å². The number of hydrogen-bond donors (Lipinski definition) is 1. The van der Waals surface area contributed by atoms with E-state index in [0.717, 1.165) is 0 Å². The number of esters is 2. The van der Waals surface area contributed by atoms with Crippen molar-refractivity contribution in [3.8, 4) is 0 Å². The van der Waals surface area contributed by atoms with Crippen molar-refractivity contribution in [1.82, 2.24) is 14.7 Å². The Balaban J connectivity index is 1.87. The zero-order chi connectivity index (χ0) is 33.4. The summed E-state index contributed by atoms with van der Waals surface area (Å²) >= 11 is 0. The van der Waals surface area contributed by atoms with E-state index < -0.39 is 35.5 Å². The summed E-state index contributed by atoms with van der Waals surface area (Å²) < 4.78 is 11.1. The normalized spacial score (nSPS) is 18.8. The number of unbranched alkanes of at least 4 members (excludes halogenated alkanes) is 1. The second-order valence-electron chi connectivity index (χ2n) is 13.2. The van der Waals surface area contributed by atoms with Crippen molar-refractivity contribution in [2.24, 2.45) is 17.6 Å². The molecule has 250 valence electrons. The molecule has 44 heavy (non-hydrogen) atoms. The minimum Gasteiger partial charge on any atom is -0.454 e. The van der Waals surface area contributed by atoms with Crippen LogP contribution in [0, 0.1) is 11.8 Å². The van der Waals surface area contributed by atoms with Crippen LogP contribution in [0.15, 0.2) is 0 Å². The lowest BCUT2D eigenvalue weighted by Gasteiger charge is -2.39. The van der Waals surface area contributed by atoms with Gasteiger partial charge in [0.1, 0.15) is 12.1 Å². The molecule has 0 radical (unpaired) electrons. The molecule has 2 N–H and O–H groups in total. The number of primary amides is 1. The lowest BCUT2D eigenvalue weighted by Crippen LogP contribution is -2.57. The van der Waals surface area contributed by atoms with Crippen LogP contribution >= 0.6 is 0 Å². The van der Waals surface area contributed by atoms with Crippen molar-refractivity contribution >= 4 is 35.6 Å². The van der Waals surface area contributed by atoms with E-state index in [1.165, 1.54) is 9.80 Å². The molecule has 2 rings (SSSR count). The minimum atomic E-state index is -1.47. The van der Waals surface area contributed by atoms with E-state index in [2.05, 4.69) is 0 Å². The van der Waals surface area contributed by atoms with Crippen molar-refractivity contribution in [2.75, 3.05) is 19.7 Å². The van der Waals surface area contributed by atoms with Gasteiger partial charge < -0.3 is 29.9 Å². The number of amides is 4. The predicted molar refractivity (Wildman–Crippen MR) is 164 cm³/mol. The molecule has 12 heteroatoms. The van der Waals surface area contributed by atoms with E-state index in [1.54, 1.807) is 32.6 Å². The number of ether oxygens (including phenoxy) is 2. The Morgan fingerprint density at radius 2 is 1.18 bits per heavy atom. The first-order valence-corrected chi connectivity index (χ1v) is 16.2. The number of rotatable bonds is 15. The smallest absolute Gasteiger partial charge is 0.329 e. The molecule has 2 heterocycles. The van der Waals surface area contributed by atoms with Gasteiger partial charge in [0.2, 0.25) is 11.8 Å². The van der Waals surface area contributed by atoms with Gasteiger partial charge in [0.05, 0.1) is 0 Å². The van der Waals surface area contributed by atoms with Gasteiger partial charge in [0.25, 0.3) is 11.8 Å². The third-order valence-corrected chi connectivity index (χ3v) is 8.83. The van der Waals surface area contributed by atoms with Gasteiger partial charge in [-0.25, -0.2) is 9.59 Å². The van der Waals surface area contributed by atoms with Crippen LogP contribution in [-0.2, 0) is 38.2 Å². The molecule has 2 fully saturated rings. The summed E-state index contributed by atoms with van der Waals surface area (Å²) in [5, 5.41) is 0. The van der Waals surface area contributed by atoms with E-state index >= 15 is 0 Å². The van der Waals surface area contributed by atoms with Gasteiger partial charge in [-0.15, -0.1) is 0 Å². The number of carbonyl (C=O) groups is 6. The summed E-state index contributed by atoms with van der Waals surface area (Å²) in [6, 6.07) is -1.56. The quantitative estimate of drug-likeness (QED) is 0.216. The maximum absolute atomic E-state index is 13.2. The Bertz CT molecular complexity index is 1040. The molecule has 0 aromatic heterocycles. The molecule has 2 aliphatic heterocycles. The van der Waals surface area contributed by atoms with Crippen molar-refractivity contribution in [3.05, 3.63) is 0 Å². The fraction of sp³-hybridized carbons (Fsp3) is 0.812. The van der Waals surface area contributed by atoms with Crippen LogP contribution in [0.1, 0.15) is 107 Å².